The number of phenols is 1. The minimum Gasteiger partial charge on any atom is -0.508 e. The third kappa shape index (κ3) is 3.37. The molecule has 11 nitrogen and oxygen atoms in total. The first-order chi connectivity index (χ1) is 17.4. The van der Waals surface area contributed by atoms with Gasteiger partial charge in [-0.2, -0.15) is 0 Å². The van der Waals surface area contributed by atoms with E-state index >= 15 is 0 Å². The maximum atomic E-state index is 13.7. The maximum absolute atomic E-state index is 13.7. The zero-order valence-electron chi connectivity index (χ0n) is 20.6. The van der Waals surface area contributed by atoms with Gasteiger partial charge in [0.15, 0.2) is 11.4 Å². The number of aliphatic hydroxyl groups is 3. The molecule has 1 heterocycles. The van der Waals surface area contributed by atoms with Gasteiger partial charge < -0.3 is 36.0 Å². The fraction of sp³-hybridized carbons (Fsp3) is 0.462. The van der Waals surface area contributed by atoms with E-state index in [0.29, 0.717) is 24.3 Å². The molecule has 1 aliphatic heterocycles. The van der Waals surface area contributed by atoms with E-state index in [9.17, 15) is 39.6 Å². The van der Waals surface area contributed by atoms with Gasteiger partial charge in [0, 0.05) is 50.8 Å². The first-order valence-corrected chi connectivity index (χ1v) is 12.2. The van der Waals surface area contributed by atoms with Gasteiger partial charge in [-0.25, -0.2) is 0 Å². The fourth-order valence-corrected chi connectivity index (χ4v) is 6.32. The van der Waals surface area contributed by atoms with Crippen LogP contribution in [0.4, 0.5) is 5.69 Å². The lowest BCUT2D eigenvalue weighted by Gasteiger charge is -2.46. The van der Waals surface area contributed by atoms with Crippen molar-refractivity contribution in [2.75, 3.05) is 32.1 Å². The number of carbonyl (C=O) groups is 4. The van der Waals surface area contributed by atoms with E-state index in [2.05, 4.69) is 0 Å². The first kappa shape index (κ1) is 24.8. The van der Waals surface area contributed by atoms with E-state index < -0.39 is 63.7 Å². The van der Waals surface area contributed by atoms with Gasteiger partial charge in [-0.05, 0) is 43.2 Å². The van der Waals surface area contributed by atoms with Gasteiger partial charge in [0.05, 0.1) is 11.1 Å². The smallest absolute Gasteiger partial charge is 0.257 e. The Labute approximate surface area is 212 Å². The van der Waals surface area contributed by atoms with Crippen molar-refractivity contribution in [1.82, 2.24) is 4.90 Å². The third-order valence-electron chi connectivity index (χ3n) is 8.15. The van der Waals surface area contributed by atoms with E-state index in [1.54, 1.807) is 30.0 Å². The quantitative estimate of drug-likeness (QED) is 0.365. The van der Waals surface area contributed by atoms with Crippen LogP contribution in [0, 0.1) is 11.8 Å². The van der Waals surface area contributed by atoms with Gasteiger partial charge >= 0.3 is 0 Å². The lowest BCUT2D eigenvalue weighted by atomic mass is 9.59. The number of Topliss-reactive ketones (excluding diaryl/α,β-unsaturated/α-hetero) is 2. The SMILES string of the molecule is CN(C)c1cc(C(=O)N2CCCC2)c(O)c2c1C[C@H]1C[C@H]3CC(=O)C(C(N)=O)=C(O)[C@@]3(O)C(=O)C1=C2O. The number of aromatic hydroxyl groups is 1. The molecule has 0 spiro atoms. The first-order valence-electron chi connectivity index (χ1n) is 12.2. The number of phenolic OH excluding ortho intramolecular Hbond substituents is 1. The zero-order chi connectivity index (χ0) is 27.0. The summed E-state index contributed by atoms with van der Waals surface area (Å²) >= 11 is 0. The number of rotatable bonds is 3. The molecule has 1 saturated heterocycles. The van der Waals surface area contributed by atoms with Crippen LogP contribution in [-0.4, -0.2) is 81.5 Å². The summed E-state index contributed by atoms with van der Waals surface area (Å²) in [6.45, 7) is 1.09. The van der Waals surface area contributed by atoms with Crippen molar-refractivity contribution in [2.24, 2.45) is 17.6 Å². The Morgan fingerprint density at radius 2 is 1.76 bits per heavy atom. The summed E-state index contributed by atoms with van der Waals surface area (Å²) in [6, 6.07) is 1.58. The molecule has 3 aliphatic carbocycles. The molecule has 1 saturated carbocycles. The summed E-state index contributed by atoms with van der Waals surface area (Å²) in [5, 5.41) is 44.7. The van der Waals surface area contributed by atoms with Crippen LogP contribution in [0.5, 0.6) is 5.75 Å². The molecule has 0 radical (unpaired) electrons. The van der Waals surface area contributed by atoms with Crippen LogP contribution in [0.2, 0.25) is 0 Å². The standard InChI is InChI=1S/C26H29N3O8/c1-28(2)15-10-14(25(36)29-5-3-4-6-29)20(31)18-13(15)8-11-7-12-9-16(30)19(24(27)35)23(34)26(12,37)22(33)17(11)21(18)32/h10-12,31-32,34,37H,3-9H2,1-2H3,(H2,27,35)/t11-,12+,26+/m1/s1. The van der Waals surface area contributed by atoms with E-state index in [0.717, 1.165) is 12.8 Å². The highest BCUT2D eigenvalue weighted by molar-refractivity contribution is 6.22. The second-order valence-electron chi connectivity index (χ2n) is 10.4. The third-order valence-corrected chi connectivity index (χ3v) is 8.15. The van der Waals surface area contributed by atoms with Gasteiger partial charge in [-0.3, -0.25) is 19.2 Å². The van der Waals surface area contributed by atoms with Crippen molar-refractivity contribution in [1.29, 1.82) is 0 Å². The number of anilines is 1. The summed E-state index contributed by atoms with van der Waals surface area (Å²) in [5.74, 6) is -7.37. The van der Waals surface area contributed by atoms with Crippen LogP contribution in [-0.2, 0) is 20.8 Å². The molecule has 2 amide bonds. The number of hydrogen-bond acceptors (Lipinski definition) is 9. The number of benzene rings is 1. The normalized spacial score (nSPS) is 27.2. The zero-order valence-corrected chi connectivity index (χ0v) is 20.6. The average Bonchev–Trinajstić information content (AvgIpc) is 3.36. The Balaban J connectivity index is 1.71. The van der Waals surface area contributed by atoms with Gasteiger partial charge in [0.25, 0.3) is 11.8 Å². The number of primary amides is 1. The molecule has 11 heteroatoms. The van der Waals surface area contributed by atoms with Crippen LogP contribution >= 0.6 is 0 Å². The number of amides is 2. The molecule has 3 atom stereocenters. The number of hydrogen-bond donors (Lipinski definition) is 5. The molecule has 0 unspecified atom stereocenters. The van der Waals surface area contributed by atoms with Gasteiger partial charge in [0.1, 0.15) is 22.8 Å². The molecular weight excluding hydrogens is 482 g/mol. The topological polar surface area (TPSA) is 182 Å². The summed E-state index contributed by atoms with van der Waals surface area (Å²) in [4.78, 5) is 54.6. The van der Waals surface area contributed by atoms with Crippen molar-refractivity contribution >= 4 is 34.8 Å². The van der Waals surface area contributed by atoms with Crippen LogP contribution in [0.25, 0.3) is 5.76 Å². The Kier molecular flexibility index (Phi) is 5.59. The maximum Gasteiger partial charge on any atom is 0.257 e. The van der Waals surface area contributed by atoms with Crippen LogP contribution < -0.4 is 10.6 Å². The van der Waals surface area contributed by atoms with Crippen molar-refractivity contribution in [2.45, 2.75) is 37.7 Å². The van der Waals surface area contributed by atoms with Crippen LogP contribution in [0.15, 0.2) is 23.0 Å². The molecule has 1 aromatic rings. The molecular formula is C26H29N3O8. The summed E-state index contributed by atoms with van der Waals surface area (Å²) < 4.78 is 0. The molecule has 4 aliphatic rings. The lowest BCUT2D eigenvalue weighted by Crippen LogP contribution is -2.58. The number of fused-ring (bicyclic) bond motifs is 3. The predicted octanol–water partition coefficient (Wildman–Crippen LogP) is 0.726. The van der Waals surface area contributed by atoms with Crippen LogP contribution in [0.3, 0.4) is 0 Å². The van der Waals surface area contributed by atoms with Crippen molar-refractivity contribution in [3.05, 3.63) is 39.7 Å². The van der Waals surface area contributed by atoms with Gasteiger partial charge in [-0.1, -0.05) is 0 Å². The molecule has 1 aromatic carbocycles. The monoisotopic (exact) mass is 511 g/mol. The Bertz CT molecular complexity index is 1340. The molecule has 2 fully saturated rings. The van der Waals surface area contributed by atoms with Crippen LogP contribution in [0.1, 0.15) is 47.2 Å². The number of ketones is 2. The molecule has 6 N–H and O–H groups in total. The number of carbonyl (C=O) groups excluding carboxylic acids is 4. The Hall–Kier alpha value is -3.86. The highest BCUT2D eigenvalue weighted by Crippen LogP contribution is 2.53. The van der Waals surface area contributed by atoms with E-state index in [1.807, 2.05) is 0 Å². The largest absolute Gasteiger partial charge is 0.508 e. The van der Waals surface area contributed by atoms with E-state index in [1.165, 1.54) is 0 Å². The second-order valence-corrected chi connectivity index (χ2v) is 10.4. The lowest BCUT2D eigenvalue weighted by molar-refractivity contribution is -0.147. The second kappa shape index (κ2) is 8.34. The summed E-state index contributed by atoms with van der Waals surface area (Å²) in [5.41, 5.74) is 2.52. The summed E-state index contributed by atoms with van der Waals surface area (Å²) in [7, 11) is 3.51. The minimum absolute atomic E-state index is 0.0168. The fourth-order valence-electron chi connectivity index (χ4n) is 6.32. The van der Waals surface area contributed by atoms with Crippen molar-refractivity contribution in [3.8, 4) is 5.75 Å². The number of nitrogens with zero attached hydrogens (tertiary/aromatic N) is 2. The van der Waals surface area contributed by atoms with E-state index in [4.69, 9.17) is 5.73 Å². The number of nitrogens with two attached hydrogens (primary N) is 1. The number of aliphatic hydroxyl groups excluding tert-OH is 2. The van der Waals surface area contributed by atoms with Crippen molar-refractivity contribution < 1.29 is 39.6 Å². The Morgan fingerprint density at radius 3 is 2.35 bits per heavy atom. The molecule has 37 heavy (non-hydrogen) atoms. The van der Waals surface area contributed by atoms with Crippen molar-refractivity contribution in [3.63, 3.8) is 0 Å². The highest BCUT2D eigenvalue weighted by atomic mass is 16.3. The molecule has 5 rings (SSSR count). The molecule has 0 bridgehead atoms. The minimum atomic E-state index is -2.63. The molecule has 196 valence electrons. The Morgan fingerprint density at radius 1 is 1.11 bits per heavy atom. The van der Waals surface area contributed by atoms with Gasteiger partial charge in [-0.15, -0.1) is 0 Å². The predicted molar refractivity (Wildman–Crippen MR) is 131 cm³/mol. The highest BCUT2D eigenvalue weighted by Gasteiger charge is 2.60. The van der Waals surface area contributed by atoms with Gasteiger partial charge in [0.2, 0.25) is 5.78 Å². The average molecular weight is 512 g/mol. The molecule has 0 aromatic heterocycles. The number of likely N-dealkylation sites (tertiary alicyclic amines) is 1. The summed E-state index contributed by atoms with van der Waals surface area (Å²) in [6.07, 6.45) is 1.53. The van der Waals surface area contributed by atoms with E-state index in [-0.39, 0.29) is 36.0 Å².